The van der Waals surface area contributed by atoms with Gasteiger partial charge in [0.2, 0.25) is 0 Å². The fourth-order valence-corrected chi connectivity index (χ4v) is 2.19. The van der Waals surface area contributed by atoms with Gasteiger partial charge in [-0.2, -0.15) is 0 Å². The molecule has 1 heterocycles. The van der Waals surface area contributed by atoms with Gasteiger partial charge in [-0.1, -0.05) is 19.9 Å². The summed E-state index contributed by atoms with van der Waals surface area (Å²) < 4.78 is 2.17. The molecule has 1 aromatic heterocycles. The molecule has 0 saturated carbocycles. The first kappa shape index (κ1) is 14.4. The molecular formula is C16H23N3O. The minimum Gasteiger partial charge on any atom is -0.348 e. The van der Waals surface area contributed by atoms with Gasteiger partial charge in [0, 0.05) is 36.7 Å². The molecule has 0 spiro atoms. The molecule has 2 amide bonds. The van der Waals surface area contributed by atoms with E-state index < -0.39 is 0 Å². The summed E-state index contributed by atoms with van der Waals surface area (Å²) in [7, 11) is 2.06. The molecule has 0 bridgehead atoms. The molecule has 0 fully saturated rings. The predicted octanol–water partition coefficient (Wildman–Crippen LogP) is 2.94. The summed E-state index contributed by atoms with van der Waals surface area (Å²) in [6.45, 7) is 7.49. The average molecular weight is 273 g/mol. The third-order valence-corrected chi connectivity index (χ3v) is 3.47. The van der Waals surface area contributed by atoms with Crippen LogP contribution in [0.15, 0.2) is 24.3 Å². The van der Waals surface area contributed by atoms with E-state index in [2.05, 4.69) is 67.3 Å². The monoisotopic (exact) mass is 273 g/mol. The number of hydrogen-bond donors (Lipinski definition) is 2. The molecule has 2 N–H and O–H groups in total. The SMILES string of the molecule is Cc1cc2cc(CNC(=O)NCC(C)C)ccc2n1C. The van der Waals surface area contributed by atoms with E-state index in [9.17, 15) is 4.79 Å². The second kappa shape index (κ2) is 5.99. The van der Waals surface area contributed by atoms with Gasteiger partial charge >= 0.3 is 6.03 Å². The van der Waals surface area contributed by atoms with Crippen LogP contribution in [0.3, 0.4) is 0 Å². The van der Waals surface area contributed by atoms with E-state index in [1.807, 2.05) is 0 Å². The van der Waals surface area contributed by atoms with Gasteiger partial charge in [0.15, 0.2) is 0 Å². The van der Waals surface area contributed by atoms with Crippen molar-refractivity contribution >= 4 is 16.9 Å². The van der Waals surface area contributed by atoms with Crippen LogP contribution in [-0.2, 0) is 13.6 Å². The number of nitrogens with one attached hydrogen (secondary N) is 2. The first-order chi connectivity index (χ1) is 9.47. The zero-order chi connectivity index (χ0) is 14.7. The van der Waals surface area contributed by atoms with E-state index in [4.69, 9.17) is 0 Å². The Hall–Kier alpha value is -1.97. The second-order valence-corrected chi connectivity index (χ2v) is 5.70. The summed E-state index contributed by atoms with van der Waals surface area (Å²) >= 11 is 0. The third-order valence-electron chi connectivity index (χ3n) is 3.47. The molecule has 20 heavy (non-hydrogen) atoms. The van der Waals surface area contributed by atoms with Gasteiger partial charge in [-0.25, -0.2) is 4.79 Å². The molecule has 0 atom stereocenters. The van der Waals surface area contributed by atoms with Crippen LogP contribution in [0.4, 0.5) is 4.79 Å². The van der Waals surface area contributed by atoms with Crippen molar-refractivity contribution in [2.24, 2.45) is 13.0 Å². The Morgan fingerprint density at radius 1 is 1.25 bits per heavy atom. The first-order valence-electron chi connectivity index (χ1n) is 7.04. The topological polar surface area (TPSA) is 46.1 Å². The lowest BCUT2D eigenvalue weighted by Gasteiger charge is -2.09. The highest BCUT2D eigenvalue weighted by atomic mass is 16.2. The largest absolute Gasteiger partial charge is 0.348 e. The van der Waals surface area contributed by atoms with E-state index in [0.717, 1.165) is 5.56 Å². The Balaban J connectivity index is 1.98. The van der Waals surface area contributed by atoms with E-state index in [1.54, 1.807) is 0 Å². The standard InChI is InChI=1S/C16H23N3O/c1-11(2)9-17-16(20)18-10-13-5-6-15-14(8-13)7-12(3)19(15)4/h5-8,11H,9-10H2,1-4H3,(H2,17,18,20). The molecule has 0 unspecified atom stereocenters. The van der Waals surface area contributed by atoms with Crippen LogP contribution < -0.4 is 10.6 Å². The van der Waals surface area contributed by atoms with Crippen molar-refractivity contribution in [3.05, 3.63) is 35.5 Å². The summed E-state index contributed by atoms with van der Waals surface area (Å²) in [6, 6.07) is 8.35. The lowest BCUT2D eigenvalue weighted by Crippen LogP contribution is -2.36. The summed E-state index contributed by atoms with van der Waals surface area (Å²) in [4.78, 5) is 11.6. The molecule has 4 nitrogen and oxygen atoms in total. The maximum Gasteiger partial charge on any atom is 0.315 e. The van der Waals surface area contributed by atoms with Crippen LogP contribution in [0.25, 0.3) is 10.9 Å². The van der Waals surface area contributed by atoms with Gasteiger partial charge in [0.05, 0.1) is 0 Å². The van der Waals surface area contributed by atoms with Gasteiger partial charge in [-0.3, -0.25) is 0 Å². The third kappa shape index (κ3) is 3.32. The predicted molar refractivity (Wildman–Crippen MR) is 82.7 cm³/mol. The highest BCUT2D eigenvalue weighted by Crippen LogP contribution is 2.19. The van der Waals surface area contributed by atoms with Crippen molar-refractivity contribution in [3.8, 4) is 0 Å². The van der Waals surface area contributed by atoms with Crippen molar-refractivity contribution in [1.82, 2.24) is 15.2 Å². The van der Waals surface area contributed by atoms with Crippen LogP contribution in [0, 0.1) is 12.8 Å². The molecule has 0 saturated heterocycles. The van der Waals surface area contributed by atoms with E-state index in [-0.39, 0.29) is 6.03 Å². The number of carbonyl (C=O) groups excluding carboxylic acids is 1. The van der Waals surface area contributed by atoms with Crippen molar-refractivity contribution in [2.75, 3.05) is 6.54 Å². The minimum atomic E-state index is -0.108. The van der Waals surface area contributed by atoms with Gasteiger partial charge in [0.25, 0.3) is 0 Å². The normalized spacial score (nSPS) is 11.1. The Bertz CT molecular complexity index is 613. The summed E-state index contributed by atoms with van der Waals surface area (Å²) in [5, 5.41) is 6.95. The number of benzene rings is 1. The Kier molecular flexibility index (Phi) is 4.32. The smallest absolute Gasteiger partial charge is 0.315 e. The van der Waals surface area contributed by atoms with Crippen molar-refractivity contribution < 1.29 is 4.79 Å². The molecule has 4 heteroatoms. The molecule has 0 aliphatic heterocycles. The first-order valence-corrected chi connectivity index (χ1v) is 7.04. The quantitative estimate of drug-likeness (QED) is 0.884. The van der Waals surface area contributed by atoms with Crippen molar-refractivity contribution in [3.63, 3.8) is 0 Å². The number of fused-ring (bicyclic) bond motifs is 1. The Morgan fingerprint density at radius 2 is 2.00 bits per heavy atom. The maximum absolute atomic E-state index is 11.6. The number of aromatic nitrogens is 1. The van der Waals surface area contributed by atoms with E-state index in [0.29, 0.717) is 19.0 Å². The van der Waals surface area contributed by atoms with Crippen molar-refractivity contribution in [1.29, 1.82) is 0 Å². The summed E-state index contributed by atoms with van der Waals surface area (Å²) in [5.41, 5.74) is 3.57. The zero-order valence-electron chi connectivity index (χ0n) is 12.7. The number of urea groups is 1. The van der Waals surface area contributed by atoms with Gasteiger partial charge in [-0.05, 0) is 36.6 Å². The van der Waals surface area contributed by atoms with Crippen LogP contribution in [0.1, 0.15) is 25.1 Å². The lowest BCUT2D eigenvalue weighted by atomic mass is 10.1. The molecule has 0 radical (unpaired) electrons. The van der Waals surface area contributed by atoms with Crippen LogP contribution in [0.2, 0.25) is 0 Å². The van der Waals surface area contributed by atoms with Crippen LogP contribution in [0.5, 0.6) is 0 Å². The number of nitrogens with zero attached hydrogens (tertiary/aromatic N) is 1. The molecule has 1 aromatic carbocycles. The molecule has 0 aliphatic carbocycles. The van der Waals surface area contributed by atoms with E-state index in [1.165, 1.54) is 16.6 Å². The number of carbonyl (C=O) groups is 1. The highest BCUT2D eigenvalue weighted by Gasteiger charge is 2.05. The summed E-state index contributed by atoms with van der Waals surface area (Å²) in [6.07, 6.45) is 0. The number of rotatable bonds is 4. The second-order valence-electron chi connectivity index (χ2n) is 5.70. The number of amides is 2. The molecular weight excluding hydrogens is 250 g/mol. The minimum absolute atomic E-state index is 0.108. The fraction of sp³-hybridized carbons (Fsp3) is 0.438. The number of hydrogen-bond acceptors (Lipinski definition) is 1. The van der Waals surface area contributed by atoms with Crippen molar-refractivity contribution in [2.45, 2.75) is 27.3 Å². The van der Waals surface area contributed by atoms with Gasteiger partial charge in [0.1, 0.15) is 0 Å². The molecule has 108 valence electrons. The number of aryl methyl sites for hydroxylation is 2. The molecule has 0 aliphatic rings. The van der Waals surface area contributed by atoms with Crippen LogP contribution in [-0.4, -0.2) is 17.1 Å². The molecule has 2 aromatic rings. The fourth-order valence-electron chi connectivity index (χ4n) is 2.19. The van der Waals surface area contributed by atoms with Crippen LogP contribution >= 0.6 is 0 Å². The van der Waals surface area contributed by atoms with Gasteiger partial charge in [-0.15, -0.1) is 0 Å². The Morgan fingerprint density at radius 3 is 2.70 bits per heavy atom. The maximum atomic E-state index is 11.6. The molecule has 2 rings (SSSR count). The van der Waals surface area contributed by atoms with E-state index >= 15 is 0 Å². The summed E-state index contributed by atoms with van der Waals surface area (Å²) in [5.74, 6) is 0.462. The average Bonchev–Trinajstić information content (AvgIpc) is 2.69. The lowest BCUT2D eigenvalue weighted by molar-refractivity contribution is 0.239. The van der Waals surface area contributed by atoms with Gasteiger partial charge < -0.3 is 15.2 Å². The highest BCUT2D eigenvalue weighted by molar-refractivity contribution is 5.82. The Labute approximate surface area is 120 Å². The zero-order valence-corrected chi connectivity index (χ0v) is 12.7.